The number of nitrogens with zero attached hydrogens (tertiary/aromatic N) is 5. The Morgan fingerprint density at radius 2 is 1.90 bits per heavy atom. The van der Waals surface area contributed by atoms with Crippen LogP contribution in [-0.2, 0) is 13.1 Å². The first-order chi connectivity index (χ1) is 9.62. The summed E-state index contributed by atoms with van der Waals surface area (Å²) in [6, 6.07) is 0. The molecule has 0 amide bonds. The summed E-state index contributed by atoms with van der Waals surface area (Å²) >= 11 is 0. The first kappa shape index (κ1) is 14.8. The van der Waals surface area contributed by atoms with Crippen LogP contribution in [0.5, 0.6) is 0 Å². The number of hydrogen-bond donors (Lipinski definition) is 1. The number of fused-ring (bicyclic) bond motifs is 1. The van der Waals surface area contributed by atoms with Gasteiger partial charge >= 0.3 is 0 Å². The molecule has 2 heterocycles. The van der Waals surface area contributed by atoms with Crippen LogP contribution in [0.2, 0.25) is 0 Å². The van der Waals surface area contributed by atoms with Crippen LogP contribution in [0.4, 0.5) is 5.95 Å². The van der Waals surface area contributed by atoms with Gasteiger partial charge in [-0.2, -0.15) is 5.10 Å². The predicted molar refractivity (Wildman–Crippen MR) is 82.7 cm³/mol. The third-order valence-electron chi connectivity index (χ3n) is 3.88. The van der Waals surface area contributed by atoms with Crippen LogP contribution in [0.25, 0.3) is 11.2 Å². The lowest BCUT2D eigenvalue weighted by Crippen LogP contribution is -2.25. The molecule has 6 heteroatoms. The second-order valence-corrected chi connectivity index (χ2v) is 5.08. The highest BCUT2D eigenvalue weighted by Crippen LogP contribution is 2.21. The molecule has 2 N–H and O–H groups in total. The van der Waals surface area contributed by atoms with E-state index in [1.807, 2.05) is 11.6 Å². The molecule has 0 atom stereocenters. The van der Waals surface area contributed by atoms with Crippen molar-refractivity contribution in [2.24, 2.45) is 0 Å². The lowest BCUT2D eigenvalue weighted by atomic mass is 10.3. The van der Waals surface area contributed by atoms with Gasteiger partial charge in [-0.1, -0.05) is 13.8 Å². The highest BCUT2D eigenvalue weighted by atomic mass is 15.4. The largest absolute Gasteiger partial charge is 0.369 e. The highest BCUT2D eigenvalue weighted by Gasteiger charge is 2.16. The number of nitrogen functional groups attached to an aromatic ring is 1. The van der Waals surface area contributed by atoms with Crippen molar-refractivity contribution in [1.29, 1.82) is 0 Å². The summed E-state index contributed by atoms with van der Waals surface area (Å²) in [4.78, 5) is 6.89. The molecule has 0 saturated heterocycles. The van der Waals surface area contributed by atoms with Crippen molar-refractivity contribution in [3.63, 3.8) is 0 Å². The molecule has 0 fully saturated rings. The SMILES string of the molecule is CCN(CC)CCCn1c(N)nc2c(C)nn(CC)c21. The maximum absolute atomic E-state index is 6.07. The number of aryl methyl sites for hydroxylation is 3. The summed E-state index contributed by atoms with van der Waals surface area (Å²) in [6.07, 6.45) is 1.07. The van der Waals surface area contributed by atoms with E-state index >= 15 is 0 Å². The number of aromatic nitrogens is 4. The monoisotopic (exact) mass is 278 g/mol. The molecule has 112 valence electrons. The predicted octanol–water partition coefficient (Wildman–Crippen LogP) is 1.88. The average molecular weight is 278 g/mol. The standard InChI is InChI=1S/C14H26N6/c1-5-18(6-2)9-8-10-19-13-12(16-14(19)15)11(4)17-20(13)7-3/h5-10H2,1-4H3,(H2,15,16). The fraction of sp³-hybridized carbons (Fsp3) is 0.714. The van der Waals surface area contributed by atoms with Crippen molar-refractivity contribution in [2.75, 3.05) is 25.4 Å². The van der Waals surface area contributed by atoms with E-state index in [0.29, 0.717) is 5.95 Å². The molecule has 0 saturated carbocycles. The van der Waals surface area contributed by atoms with E-state index in [9.17, 15) is 0 Å². The Bertz CT molecular complexity index is 564. The van der Waals surface area contributed by atoms with E-state index in [0.717, 1.165) is 56.0 Å². The lowest BCUT2D eigenvalue weighted by molar-refractivity contribution is 0.294. The topological polar surface area (TPSA) is 64.9 Å². The quantitative estimate of drug-likeness (QED) is 0.840. The van der Waals surface area contributed by atoms with Crippen molar-refractivity contribution in [3.8, 4) is 0 Å². The molecule has 0 aromatic carbocycles. The van der Waals surface area contributed by atoms with Gasteiger partial charge in [-0.3, -0.25) is 4.57 Å². The zero-order chi connectivity index (χ0) is 14.7. The van der Waals surface area contributed by atoms with E-state index in [4.69, 9.17) is 5.73 Å². The van der Waals surface area contributed by atoms with Gasteiger partial charge in [-0.05, 0) is 39.9 Å². The normalized spacial score (nSPS) is 11.8. The fourth-order valence-electron chi connectivity index (χ4n) is 2.67. The summed E-state index contributed by atoms with van der Waals surface area (Å²) in [6.45, 7) is 13.5. The van der Waals surface area contributed by atoms with Crippen molar-refractivity contribution in [1.82, 2.24) is 24.2 Å². The van der Waals surface area contributed by atoms with Crippen molar-refractivity contribution < 1.29 is 0 Å². The Kier molecular flexibility index (Phi) is 4.65. The molecular weight excluding hydrogens is 252 g/mol. The zero-order valence-corrected chi connectivity index (χ0v) is 13.1. The van der Waals surface area contributed by atoms with Crippen LogP contribution in [0.15, 0.2) is 0 Å². The smallest absolute Gasteiger partial charge is 0.202 e. The van der Waals surface area contributed by atoms with Gasteiger partial charge in [0.2, 0.25) is 5.95 Å². The molecule has 2 rings (SSSR count). The maximum Gasteiger partial charge on any atom is 0.202 e. The highest BCUT2D eigenvalue weighted by molar-refractivity contribution is 5.77. The number of rotatable bonds is 7. The number of imidazole rings is 1. The molecule has 2 aromatic heterocycles. The molecule has 0 aliphatic rings. The van der Waals surface area contributed by atoms with E-state index in [1.165, 1.54) is 0 Å². The Labute approximate surface area is 120 Å². The van der Waals surface area contributed by atoms with Gasteiger partial charge in [0.15, 0.2) is 5.65 Å². The van der Waals surface area contributed by atoms with E-state index < -0.39 is 0 Å². The van der Waals surface area contributed by atoms with Crippen LogP contribution in [0.1, 0.15) is 32.9 Å². The van der Waals surface area contributed by atoms with Crippen molar-refractivity contribution in [3.05, 3.63) is 5.69 Å². The molecule has 0 aliphatic carbocycles. The van der Waals surface area contributed by atoms with Crippen molar-refractivity contribution in [2.45, 2.75) is 47.2 Å². The second kappa shape index (κ2) is 6.26. The Morgan fingerprint density at radius 1 is 1.20 bits per heavy atom. The minimum absolute atomic E-state index is 0.599. The molecule has 0 spiro atoms. The van der Waals surface area contributed by atoms with E-state index in [1.54, 1.807) is 0 Å². The molecule has 6 nitrogen and oxygen atoms in total. The van der Waals surface area contributed by atoms with Crippen LogP contribution >= 0.6 is 0 Å². The molecule has 20 heavy (non-hydrogen) atoms. The van der Waals surface area contributed by atoms with Crippen LogP contribution in [0, 0.1) is 6.92 Å². The van der Waals surface area contributed by atoms with Crippen LogP contribution < -0.4 is 5.73 Å². The molecular formula is C14H26N6. The maximum atomic E-state index is 6.07. The average Bonchev–Trinajstić information content (AvgIpc) is 2.93. The zero-order valence-electron chi connectivity index (χ0n) is 13.1. The summed E-state index contributed by atoms with van der Waals surface area (Å²) < 4.78 is 4.09. The van der Waals surface area contributed by atoms with E-state index in [-0.39, 0.29) is 0 Å². The molecule has 0 aliphatic heterocycles. The number of nitrogens with two attached hydrogens (primary N) is 1. The molecule has 0 unspecified atom stereocenters. The Morgan fingerprint density at radius 3 is 2.50 bits per heavy atom. The van der Waals surface area contributed by atoms with Crippen LogP contribution in [-0.4, -0.2) is 43.9 Å². The third-order valence-corrected chi connectivity index (χ3v) is 3.88. The first-order valence-corrected chi connectivity index (χ1v) is 7.53. The Balaban J connectivity index is 2.19. The third kappa shape index (κ3) is 2.65. The van der Waals surface area contributed by atoms with Gasteiger partial charge in [-0.25, -0.2) is 9.67 Å². The number of hydrogen-bond acceptors (Lipinski definition) is 4. The minimum atomic E-state index is 0.599. The number of anilines is 1. The van der Waals surface area contributed by atoms with Gasteiger partial charge < -0.3 is 10.6 Å². The van der Waals surface area contributed by atoms with Gasteiger partial charge in [0.05, 0.1) is 5.69 Å². The summed E-state index contributed by atoms with van der Waals surface area (Å²) in [5.41, 5.74) is 9.02. The molecule has 0 bridgehead atoms. The lowest BCUT2D eigenvalue weighted by Gasteiger charge is -2.18. The van der Waals surface area contributed by atoms with Gasteiger partial charge in [0.25, 0.3) is 0 Å². The van der Waals surface area contributed by atoms with Gasteiger partial charge in [-0.15, -0.1) is 0 Å². The Hall–Kier alpha value is -1.56. The van der Waals surface area contributed by atoms with Gasteiger partial charge in [0.1, 0.15) is 5.52 Å². The van der Waals surface area contributed by atoms with E-state index in [2.05, 4.69) is 40.3 Å². The minimum Gasteiger partial charge on any atom is -0.369 e. The molecule has 2 aromatic rings. The van der Waals surface area contributed by atoms with Gasteiger partial charge in [0, 0.05) is 13.1 Å². The summed E-state index contributed by atoms with van der Waals surface area (Å²) in [7, 11) is 0. The van der Waals surface area contributed by atoms with Crippen molar-refractivity contribution >= 4 is 17.1 Å². The first-order valence-electron chi connectivity index (χ1n) is 7.53. The fourth-order valence-corrected chi connectivity index (χ4v) is 2.67. The second-order valence-electron chi connectivity index (χ2n) is 5.08. The summed E-state index contributed by atoms with van der Waals surface area (Å²) in [5, 5.41) is 4.51. The van der Waals surface area contributed by atoms with Crippen LogP contribution in [0.3, 0.4) is 0 Å². The summed E-state index contributed by atoms with van der Waals surface area (Å²) in [5.74, 6) is 0.599. The molecule has 0 radical (unpaired) electrons.